The molecule has 0 radical (unpaired) electrons. The van der Waals surface area contributed by atoms with Crippen molar-refractivity contribution in [1.82, 2.24) is 4.98 Å². The number of aromatic nitrogens is 1. The Kier molecular flexibility index (Phi) is 7.15. The highest BCUT2D eigenvalue weighted by Crippen LogP contribution is 2.40. The van der Waals surface area contributed by atoms with Crippen LogP contribution < -0.4 is 4.74 Å². The van der Waals surface area contributed by atoms with E-state index in [4.69, 9.17) is 4.74 Å². The summed E-state index contributed by atoms with van der Waals surface area (Å²) < 4.78 is 7.13. The summed E-state index contributed by atoms with van der Waals surface area (Å²) in [6.45, 7) is 10.9. The first-order valence-corrected chi connectivity index (χ1v) is 11.8. The van der Waals surface area contributed by atoms with E-state index in [2.05, 4.69) is 81.7 Å². The maximum Gasteiger partial charge on any atom is 0.302 e. The first-order chi connectivity index (χ1) is 14.9. The zero-order valence-corrected chi connectivity index (χ0v) is 22.0. The van der Waals surface area contributed by atoms with Gasteiger partial charge in [-0.2, -0.15) is 0 Å². The minimum absolute atomic E-state index is 0.0339. The topological polar surface area (TPSA) is 87.0 Å². The number of azo groups is 1. The number of nitrogens with one attached hydrogen (secondary N) is 1. The van der Waals surface area contributed by atoms with Crippen molar-refractivity contribution >= 4 is 54.4 Å². The Bertz CT molecular complexity index is 1160. The molecule has 1 amide bonds. The van der Waals surface area contributed by atoms with E-state index in [-0.39, 0.29) is 29.0 Å². The van der Waals surface area contributed by atoms with Crippen molar-refractivity contribution in [3.8, 4) is 11.6 Å². The maximum absolute atomic E-state index is 12.2. The molecule has 2 aromatic carbocycles. The van der Waals surface area contributed by atoms with E-state index >= 15 is 0 Å². The maximum atomic E-state index is 12.2. The van der Waals surface area contributed by atoms with Gasteiger partial charge in [0.2, 0.25) is 5.88 Å². The van der Waals surface area contributed by atoms with E-state index in [9.17, 15) is 9.90 Å². The van der Waals surface area contributed by atoms with Gasteiger partial charge in [-0.3, -0.25) is 4.79 Å². The Morgan fingerprint density at radius 2 is 1.75 bits per heavy atom. The second-order valence-corrected chi connectivity index (χ2v) is 11.4. The molecule has 3 aromatic rings. The summed E-state index contributed by atoms with van der Waals surface area (Å²) in [5.74, 6) is -0.124. The SMILES string of the molecule is CC(C)(C)CC(C)(C)c1ccc(OCC(=O)N=Nc2c(O)[nH]c3c(Br)cc(Br)cc23)cc1. The first kappa shape index (κ1) is 24.5. The zero-order valence-electron chi connectivity index (χ0n) is 18.8. The Labute approximate surface area is 204 Å². The monoisotopic (exact) mass is 563 g/mol. The zero-order chi connectivity index (χ0) is 23.7. The van der Waals surface area contributed by atoms with E-state index < -0.39 is 5.91 Å². The third-order valence-electron chi connectivity index (χ3n) is 5.01. The van der Waals surface area contributed by atoms with Gasteiger partial charge in [0, 0.05) is 14.3 Å². The highest BCUT2D eigenvalue weighted by atomic mass is 79.9. The summed E-state index contributed by atoms with van der Waals surface area (Å²) in [5.41, 5.74) is 2.34. The standard InChI is InChI=1S/C24H27Br2N3O3/c1-23(2,3)13-24(4,5)14-6-8-16(9-7-14)32-12-19(30)28-29-21-17-10-15(25)11-18(26)20(17)27-22(21)31/h6-11,27,31H,12-13H2,1-5H3. The molecule has 0 atom stereocenters. The summed E-state index contributed by atoms with van der Waals surface area (Å²) in [7, 11) is 0. The number of rotatable bonds is 6. The largest absolute Gasteiger partial charge is 0.493 e. The average molecular weight is 565 g/mol. The molecule has 0 spiro atoms. The van der Waals surface area contributed by atoms with Crippen molar-refractivity contribution in [2.24, 2.45) is 15.6 Å². The van der Waals surface area contributed by atoms with Gasteiger partial charge < -0.3 is 14.8 Å². The van der Waals surface area contributed by atoms with Crippen molar-refractivity contribution in [2.45, 2.75) is 46.5 Å². The molecule has 0 saturated heterocycles. The molecule has 0 fully saturated rings. The predicted octanol–water partition coefficient (Wildman–Crippen LogP) is 7.80. The summed E-state index contributed by atoms with van der Waals surface area (Å²) in [4.78, 5) is 15.0. The summed E-state index contributed by atoms with van der Waals surface area (Å²) in [6.07, 6.45) is 1.05. The van der Waals surface area contributed by atoms with Gasteiger partial charge in [0.25, 0.3) is 0 Å². The van der Waals surface area contributed by atoms with Crippen molar-refractivity contribution in [2.75, 3.05) is 6.61 Å². The molecule has 0 unspecified atom stereocenters. The fourth-order valence-corrected chi connectivity index (χ4v) is 5.33. The van der Waals surface area contributed by atoms with Crippen LogP contribution in [0, 0.1) is 5.41 Å². The lowest BCUT2D eigenvalue weighted by Crippen LogP contribution is -2.24. The second kappa shape index (κ2) is 9.35. The molecule has 2 N–H and O–H groups in total. The number of ether oxygens (including phenoxy) is 1. The Morgan fingerprint density at radius 3 is 2.38 bits per heavy atom. The van der Waals surface area contributed by atoms with Crippen LogP contribution in [0.1, 0.15) is 46.6 Å². The van der Waals surface area contributed by atoms with E-state index in [1.807, 2.05) is 30.3 Å². The number of H-pyrrole nitrogens is 1. The van der Waals surface area contributed by atoms with E-state index in [1.54, 1.807) is 6.07 Å². The van der Waals surface area contributed by atoms with Crippen LogP contribution in [-0.2, 0) is 10.2 Å². The molecule has 0 aliphatic heterocycles. The van der Waals surface area contributed by atoms with Gasteiger partial charge in [-0.25, -0.2) is 0 Å². The average Bonchev–Trinajstić information content (AvgIpc) is 2.99. The van der Waals surface area contributed by atoms with Crippen LogP contribution in [-0.4, -0.2) is 22.6 Å². The van der Waals surface area contributed by atoms with Gasteiger partial charge in [0.05, 0.1) is 5.52 Å². The number of aromatic hydroxyl groups is 1. The minimum Gasteiger partial charge on any atom is -0.493 e. The van der Waals surface area contributed by atoms with Gasteiger partial charge in [-0.1, -0.05) is 62.7 Å². The van der Waals surface area contributed by atoms with Gasteiger partial charge >= 0.3 is 5.91 Å². The van der Waals surface area contributed by atoms with Gasteiger partial charge in [-0.15, -0.1) is 10.2 Å². The van der Waals surface area contributed by atoms with Crippen molar-refractivity contribution in [3.05, 3.63) is 50.9 Å². The van der Waals surface area contributed by atoms with Crippen molar-refractivity contribution in [1.29, 1.82) is 0 Å². The smallest absolute Gasteiger partial charge is 0.302 e. The minimum atomic E-state index is -0.551. The van der Waals surface area contributed by atoms with Crippen LogP contribution in [0.25, 0.3) is 10.9 Å². The number of halogens is 2. The molecule has 0 saturated carbocycles. The number of benzene rings is 2. The van der Waals surface area contributed by atoms with Gasteiger partial charge in [0.1, 0.15) is 5.75 Å². The Balaban J connectivity index is 1.65. The Hall–Kier alpha value is -2.19. The third-order valence-corrected chi connectivity index (χ3v) is 6.09. The summed E-state index contributed by atoms with van der Waals surface area (Å²) >= 11 is 6.83. The molecule has 170 valence electrons. The molecular weight excluding hydrogens is 538 g/mol. The van der Waals surface area contributed by atoms with E-state index in [0.29, 0.717) is 16.7 Å². The molecule has 1 heterocycles. The van der Waals surface area contributed by atoms with Crippen molar-refractivity contribution in [3.63, 3.8) is 0 Å². The quantitative estimate of drug-likeness (QED) is 0.299. The molecule has 1 aromatic heterocycles. The number of nitrogens with zero attached hydrogens (tertiary/aromatic N) is 2. The first-order valence-electron chi connectivity index (χ1n) is 10.2. The van der Waals surface area contributed by atoms with Crippen LogP contribution >= 0.6 is 31.9 Å². The molecule has 0 bridgehead atoms. The number of hydrogen-bond acceptors (Lipinski definition) is 4. The summed E-state index contributed by atoms with van der Waals surface area (Å²) in [6, 6.07) is 11.4. The van der Waals surface area contributed by atoms with Crippen LogP contribution in [0.15, 0.2) is 55.6 Å². The second-order valence-electron chi connectivity index (χ2n) is 9.66. The molecule has 8 heteroatoms. The molecule has 0 aliphatic rings. The fourth-order valence-electron chi connectivity index (χ4n) is 4.00. The van der Waals surface area contributed by atoms with E-state index in [0.717, 1.165) is 15.4 Å². The normalized spacial score (nSPS) is 12.6. The highest BCUT2D eigenvalue weighted by Gasteiger charge is 2.27. The number of aromatic amines is 1. The number of carbonyl (C=O) groups is 1. The van der Waals surface area contributed by atoms with Crippen molar-refractivity contribution < 1.29 is 14.6 Å². The van der Waals surface area contributed by atoms with Crippen LogP contribution in [0.4, 0.5) is 5.69 Å². The lowest BCUT2D eigenvalue weighted by molar-refractivity contribution is -0.120. The number of carbonyl (C=O) groups excluding carboxylic acids is 1. The lowest BCUT2D eigenvalue weighted by atomic mass is 9.72. The van der Waals surface area contributed by atoms with Crippen LogP contribution in [0.3, 0.4) is 0 Å². The number of fused-ring (bicyclic) bond motifs is 1. The number of amides is 1. The molecule has 0 aliphatic carbocycles. The molecule has 3 rings (SSSR count). The van der Waals surface area contributed by atoms with Gasteiger partial charge in [0.15, 0.2) is 12.3 Å². The third kappa shape index (κ3) is 5.98. The highest BCUT2D eigenvalue weighted by molar-refractivity contribution is 9.11. The van der Waals surface area contributed by atoms with Gasteiger partial charge in [-0.05, 0) is 63.0 Å². The van der Waals surface area contributed by atoms with Crippen LogP contribution in [0.5, 0.6) is 11.6 Å². The Morgan fingerprint density at radius 1 is 1.09 bits per heavy atom. The molecular formula is C24H27Br2N3O3. The molecule has 6 nitrogen and oxygen atoms in total. The summed E-state index contributed by atoms with van der Waals surface area (Å²) in [5, 5.41) is 18.4. The molecule has 32 heavy (non-hydrogen) atoms. The number of hydrogen-bond donors (Lipinski definition) is 2. The lowest BCUT2D eigenvalue weighted by Gasteiger charge is -2.33. The van der Waals surface area contributed by atoms with Crippen LogP contribution in [0.2, 0.25) is 0 Å². The fraction of sp³-hybridized carbons (Fsp3) is 0.375. The predicted molar refractivity (Wildman–Crippen MR) is 134 cm³/mol. The van der Waals surface area contributed by atoms with E-state index in [1.165, 1.54) is 5.56 Å².